The third-order valence-corrected chi connectivity index (χ3v) is 6.19. The summed E-state index contributed by atoms with van der Waals surface area (Å²) in [5.41, 5.74) is 1.83. The molecule has 6 nitrogen and oxygen atoms in total. The molecule has 1 aliphatic rings. The molecule has 0 spiro atoms. The highest BCUT2D eigenvalue weighted by Crippen LogP contribution is 2.27. The summed E-state index contributed by atoms with van der Waals surface area (Å²) in [6.45, 7) is 1.40. The zero-order valence-electron chi connectivity index (χ0n) is 12.7. The molecule has 3 aromatic heterocycles. The van der Waals surface area contributed by atoms with E-state index in [9.17, 15) is 8.42 Å². The first kappa shape index (κ1) is 15.5. The Morgan fingerprint density at radius 3 is 3.00 bits per heavy atom. The molecule has 4 rings (SSSR count). The van der Waals surface area contributed by atoms with E-state index in [2.05, 4.69) is 14.7 Å². The van der Waals surface area contributed by atoms with Crippen LogP contribution in [0.4, 0.5) is 5.82 Å². The summed E-state index contributed by atoms with van der Waals surface area (Å²) in [4.78, 5) is 8.44. The highest BCUT2D eigenvalue weighted by molar-refractivity contribution is 7.92. The van der Waals surface area contributed by atoms with Gasteiger partial charge in [-0.2, -0.15) is 0 Å². The largest absolute Gasteiger partial charge is 0.381 e. The van der Waals surface area contributed by atoms with Gasteiger partial charge in [0.2, 0.25) is 0 Å². The summed E-state index contributed by atoms with van der Waals surface area (Å²) in [6.07, 6.45) is 3.92. The van der Waals surface area contributed by atoms with Crippen molar-refractivity contribution in [1.82, 2.24) is 9.97 Å². The predicted molar refractivity (Wildman–Crippen MR) is 92.8 cm³/mol. The van der Waals surface area contributed by atoms with Crippen LogP contribution < -0.4 is 4.72 Å². The molecule has 0 aliphatic carbocycles. The SMILES string of the molecule is O=S(=O)(Nc1cc(C2CCOC2)ccn1)c1cnc2ccsc2c1. The van der Waals surface area contributed by atoms with Crippen LogP contribution in [0.1, 0.15) is 17.9 Å². The van der Waals surface area contributed by atoms with Crippen molar-refractivity contribution in [2.75, 3.05) is 17.9 Å². The number of anilines is 1. The average Bonchev–Trinajstić information content (AvgIpc) is 3.25. The van der Waals surface area contributed by atoms with Gasteiger partial charge in [-0.1, -0.05) is 0 Å². The minimum absolute atomic E-state index is 0.133. The van der Waals surface area contributed by atoms with Crippen molar-refractivity contribution in [3.05, 3.63) is 47.6 Å². The van der Waals surface area contributed by atoms with Gasteiger partial charge in [-0.25, -0.2) is 13.4 Å². The summed E-state index contributed by atoms with van der Waals surface area (Å²) < 4.78 is 33.9. The maximum atomic E-state index is 12.6. The Kier molecular flexibility index (Phi) is 3.95. The molecule has 0 radical (unpaired) electrons. The number of pyridine rings is 2. The molecule has 24 heavy (non-hydrogen) atoms. The van der Waals surface area contributed by atoms with E-state index in [1.165, 1.54) is 17.5 Å². The first-order valence-electron chi connectivity index (χ1n) is 7.51. The molecule has 1 N–H and O–H groups in total. The van der Waals surface area contributed by atoms with Gasteiger partial charge in [0.05, 0.1) is 16.8 Å². The van der Waals surface area contributed by atoms with Gasteiger partial charge in [-0.15, -0.1) is 11.3 Å². The molecule has 124 valence electrons. The number of hydrogen-bond donors (Lipinski definition) is 1. The molecule has 1 fully saturated rings. The van der Waals surface area contributed by atoms with Crippen molar-refractivity contribution in [1.29, 1.82) is 0 Å². The standard InChI is InChI=1S/C16H15N3O3S2/c20-24(21,13-8-15-14(18-9-13)3-6-23-15)19-16-7-11(1-4-17-16)12-2-5-22-10-12/h1,3-4,6-9,12H,2,5,10H2,(H,17,19). The molecule has 1 atom stereocenters. The summed E-state index contributed by atoms with van der Waals surface area (Å²) >= 11 is 1.46. The van der Waals surface area contributed by atoms with E-state index in [4.69, 9.17) is 4.74 Å². The van der Waals surface area contributed by atoms with Crippen molar-refractivity contribution in [3.8, 4) is 0 Å². The zero-order valence-corrected chi connectivity index (χ0v) is 14.3. The monoisotopic (exact) mass is 361 g/mol. The third-order valence-electron chi connectivity index (χ3n) is 4.01. The predicted octanol–water partition coefficient (Wildman–Crippen LogP) is 3.00. The van der Waals surface area contributed by atoms with E-state index in [-0.39, 0.29) is 4.90 Å². The lowest BCUT2D eigenvalue weighted by Crippen LogP contribution is -2.14. The van der Waals surface area contributed by atoms with Gasteiger partial charge in [0, 0.05) is 24.9 Å². The summed E-state index contributed by atoms with van der Waals surface area (Å²) in [7, 11) is -3.72. The van der Waals surface area contributed by atoms with Crippen molar-refractivity contribution < 1.29 is 13.2 Å². The molecule has 0 saturated carbocycles. The van der Waals surface area contributed by atoms with Crippen molar-refractivity contribution in [3.63, 3.8) is 0 Å². The second-order valence-corrected chi connectivity index (χ2v) is 8.25. The van der Waals surface area contributed by atoms with Gasteiger partial charge in [-0.05, 0) is 41.6 Å². The lowest BCUT2D eigenvalue weighted by Gasteiger charge is -2.11. The molecule has 8 heteroatoms. The minimum atomic E-state index is -3.72. The van der Waals surface area contributed by atoms with Crippen LogP contribution in [0.2, 0.25) is 0 Å². The lowest BCUT2D eigenvalue weighted by molar-refractivity contribution is 0.194. The second-order valence-electron chi connectivity index (χ2n) is 5.62. The van der Waals surface area contributed by atoms with E-state index in [1.807, 2.05) is 17.5 Å². The lowest BCUT2D eigenvalue weighted by atomic mass is 10.00. The normalized spacial score (nSPS) is 18.1. The number of sulfonamides is 1. The number of fused-ring (bicyclic) bond motifs is 1. The Balaban J connectivity index is 1.62. The number of ether oxygens (including phenoxy) is 1. The molecule has 1 aliphatic heterocycles. The van der Waals surface area contributed by atoms with Gasteiger partial charge in [-0.3, -0.25) is 9.71 Å². The molecule has 1 unspecified atom stereocenters. The molecular formula is C16H15N3O3S2. The van der Waals surface area contributed by atoms with Crippen LogP contribution in [0.15, 0.2) is 46.9 Å². The van der Waals surface area contributed by atoms with Gasteiger partial charge >= 0.3 is 0 Å². The van der Waals surface area contributed by atoms with Crippen LogP contribution in [-0.2, 0) is 14.8 Å². The molecule has 0 bridgehead atoms. The minimum Gasteiger partial charge on any atom is -0.381 e. The van der Waals surface area contributed by atoms with E-state index in [0.717, 1.165) is 28.8 Å². The molecule has 0 aromatic carbocycles. The number of thiophene rings is 1. The van der Waals surface area contributed by atoms with Gasteiger partial charge in [0.1, 0.15) is 10.7 Å². The van der Waals surface area contributed by atoms with E-state index < -0.39 is 10.0 Å². The number of rotatable bonds is 4. The van der Waals surface area contributed by atoms with Crippen LogP contribution >= 0.6 is 11.3 Å². The fourth-order valence-corrected chi connectivity index (χ4v) is 4.55. The Bertz CT molecular complexity index is 979. The summed E-state index contributed by atoms with van der Waals surface area (Å²) in [6, 6.07) is 7.16. The van der Waals surface area contributed by atoms with E-state index in [1.54, 1.807) is 18.3 Å². The molecular weight excluding hydrogens is 346 g/mol. The number of hydrogen-bond acceptors (Lipinski definition) is 6. The van der Waals surface area contributed by atoms with Crippen molar-refractivity contribution in [2.45, 2.75) is 17.2 Å². The van der Waals surface area contributed by atoms with Crippen LogP contribution in [-0.4, -0.2) is 31.6 Å². The smallest absolute Gasteiger partial charge is 0.264 e. The van der Waals surface area contributed by atoms with Gasteiger partial charge < -0.3 is 4.74 Å². The summed E-state index contributed by atoms with van der Waals surface area (Å²) in [5, 5.41) is 1.89. The highest BCUT2D eigenvalue weighted by Gasteiger charge is 2.20. The molecule has 3 aromatic rings. The van der Waals surface area contributed by atoms with Crippen LogP contribution in [0.5, 0.6) is 0 Å². The maximum absolute atomic E-state index is 12.6. The van der Waals surface area contributed by atoms with Crippen LogP contribution in [0, 0.1) is 0 Å². The Labute approximate surface area is 143 Å². The van der Waals surface area contributed by atoms with Crippen LogP contribution in [0.25, 0.3) is 10.2 Å². The summed E-state index contributed by atoms with van der Waals surface area (Å²) in [5.74, 6) is 0.603. The fraction of sp³-hybridized carbons (Fsp3) is 0.250. The second kappa shape index (κ2) is 6.12. The number of aromatic nitrogens is 2. The van der Waals surface area contributed by atoms with Crippen LogP contribution in [0.3, 0.4) is 0 Å². The van der Waals surface area contributed by atoms with Gasteiger partial charge in [0.15, 0.2) is 0 Å². The first-order chi connectivity index (χ1) is 11.6. The van der Waals surface area contributed by atoms with E-state index in [0.29, 0.717) is 18.3 Å². The van der Waals surface area contributed by atoms with E-state index >= 15 is 0 Å². The van der Waals surface area contributed by atoms with Gasteiger partial charge in [0.25, 0.3) is 10.0 Å². The average molecular weight is 361 g/mol. The van der Waals surface area contributed by atoms with Crippen molar-refractivity contribution >= 4 is 37.4 Å². The molecule has 1 saturated heterocycles. The first-order valence-corrected chi connectivity index (χ1v) is 9.88. The number of nitrogens with one attached hydrogen (secondary N) is 1. The quantitative estimate of drug-likeness (QED) is 0.772. The Morgan fingerprint density at radius 2 is 2.17 bits per heavy atom. The Hall–Kier alpha value is -2.03. The fourth-order valence-electron chi connectivity index (χ4n) is 2.73. The maximum Gasteiger partial charge on any atom is 0.264 e. The molecule has 4 heterocycles. The number of nitrogens with zero attached hydrogens (tertiary/aromatic N) is 2. The van der Waals surface area contributed by atoms with Crippen molar-refractivity contribution in [2.24, 2.45) is 0 Å². The highest BCUT2D eigenvalue weighted by atomic mass is 32.2. The topological polar surface area (TPSA) is 81.2 Å². The Morgan fingerprint density at radius 1 is 1.25 bits per heavy atom. The molecule has 0 amide bonds. The third kappa shape index (κ3) is 3.00. The zero-order chi connectivity index (χ0) is 16.6.